The predicted octanol–water partition coefficient (Wildman–Crippen LogP) is 5.27. The van der Waals surface area contributed by atoms with Gasteiger partial charge < -0.3 is 15.2 Å². The molecule has 7 nitrogen and oxygen atoms in total. The number of carbonyl (C=O) groups is 2. The summed E-state index contributed by atoms with van der Waals surface area (Å²) < 4.78 is 5.99. The van der Waals surface area contributed by atoms with E-state index in [9.17, 15) is 14.7 Å². The topological polar surface area (TPSA) is 91.2 Å². The van der Waals surface area contributed by atoms with Crippen molar-refractivity contribution in [3.8, 4) is 5.75 Å². The van der Waals surface area contributed by atoms with Crippen LogP contribution in [0.15, 0.2) is 84.5 Å². The first-order chi connectivity index (χ1) is 16.4. The molecule has 4 rings (SSSR count). The second kappa shape index (κ2) is 9.80. The third-order valence-corrected chi connectivity index (χ3v) is 5.50. The van der Waals surface area contributed by atoms with Crippen molar-refractivity contribution in [2.75, 3.05) is 5.32 Å². The summed E-state index contributed by atoms with van der Waals surface area (Å²) in [4.78, 5) is 24.7. The van der Waals surface area contributed by atoms with Crippen LogP contribution in [0, 0.1) is 0 Å². The maximum Gasteiger partial charge on any atom is 0.255 e. The number of hydrazone groups is 1. The van der Waals surface area contributed by atoms with Crippen LogP contribution in [0.25, 0.3) is 0 Å². The summed E-state index contributed by atoms with van der Waals surface area (Å²) in [5, 5.41) is 19.6. The Bertz CT molecular complexity index is 1270. The molecule has 0 bridgehead atoms. The van der Waals surface area contributed by atoms with Gasteiger partial charge in [0.1, 0.15) is 5.75 Å². The first-order valence-electron chi connectivity index (χ1n) is 10.5. The Morgan fingerprint density at radius 1 is 1.15 bits per heavy atom. The number of amides is 2. The lowest BCUT2D eigenvalue weighted by Crippen LogP contribution is -2.25. The molecule has 0 unspecified atom stereocenters. The van der Waals surface area contributed by atoms with E-state index in [0.29, 0.717) is 39.4 Å². The molecule has 8 heteroatoms. The lowest BCUT2D eigenvalue weighted by Gasteiger charge is -2.21. The number of anilines is 1. The summed E-state index contributed by atoms with van der Waals surface area (Å²) in [6, 6.07) is 18.7. The minimum atomic E-state index is -0.901. The second-order valence-corrected chi connectivity index (χ2v) is 8.06. The summed E-state index contributed by atoms with van der Waals surface area (Å²) in [5.74, 6) is -0.336. The Balaban J connectivity index is 1.53. The molecule has 0 aliphatic carbocycles. The van der Waals surface area contributed by atoms with Gasteiger partial charge in [-0.3, -0.25) is 9.59 Å². The molecule has 1 aliphatic heterocycles. The third-order valence-electron chi connectivity index (χ3n) is 5.24. The summed E-state index contributed by atoms with van der Waals surface area (Å²) in [7, 11) is 0. The number of rotatable bonds is 6. The van der Waals surface area contributed by atoms with Crippen LogP contribution in [0.4, 0.5) is 5.69 Å². The number of carbonyl (C=O) groups excluding carboxylic acids is 2. The molecule has 34 heavy (non-hydrogen) atoms. The molecule has 172 valence electrons. The predicted molar refractivity (Wildman–Crippen MR) is 131 cm³/mol. The molecule has 3 aromatic carbocycles. The van der Waals surface area contributed by atoms with Crippen molar-refractivity contribution in [3.05, 3.63) is 107 Å². The van der Waals surface area contributed by atoms with Gasteiger partial charge in [0.15, 0.2) is 0 Å². The van der Waals surface area contributed by atoms with Crippen LogP contribution >= 0.6 is 11.6 Å². The number of benzene rings is 3. The van der Waals surface area contributed by atoms with E-state index in [2.05, 4.69) is 17.0 Å². The average Bonchev–Trinajstić information content (AvgIpc) is 3.27. The molecule has 0 fully saturated rings. The van der Waals surface area contributed by atoms with Gasteiger partial charge in [0.25, 0.3) is 5.91 Å². The van der Waals surface area contributed by atoms with Crippen molar-refractivity contribution in [3.63, 3.8) is 0 Å². The Morgan fingerprint density at radius 3 is 2.50 bits per heavy atom. The first kappa shape index (κ1) is 23.1. The Kier molecular flexibility index (Phi) is 6.65. The number of nitrogens with one attached hydrogen (secondary N) is 1. The smallest absolute Gasteiger partial charge is 0.255 e. The Morgan fingerprint density at radius 2 is 1.85 bits per heavy atom. The van der Waals surface area contributed by atoms with Crippen molar-refractivity contribution < 1.29 is 19.4 Å². The largest absolute Gasteiger partial charge is 0.507 e. The molecule has 0 saturated heterocycles. The number of hydrogen-bond acceptors (Lipinski definition) is 5. The molecule has 2 N–H and O–H groups in total. The number of phenols is 1. The highest BCUT2D eigenvalue weighted by molar-refractivity contribution is 6.30. The number of aromatic hydroxyl groups is 1. The van der Waals surface area contributed by atoms with E-state index in [-0.39, 0.29) is 23.5 Å². The van der Waals surface area contributed by atoms with Crippen LogP contribution in [-0.2, 0) is 16.0 Å². The SMILES string of the molecule is C=CCc1cccc([C@@H]2OC(c3ccc(NC(=O)c4ccc(Cl)cc4)cc3)=NN2C(C)=O)c1O. The second-order valence-electron chi connectivity index (χ2n) is 7.63. The number of hydrogen-bond donors (Lipinski definition) is 2. The highest BCUT2D eigenvalue weighted by Crippen LogP contribution is 2.37. The van der Waals surface area contributed by atoms with E-state index in [4.69, 9.17) is 16.3 Å². The zero-order valence-electron chi connectivity index (χ0n) is 18.4. The van der Waals surface area contributed by atoms with E-state index >= 15 is 0 Å². The quantitative estimate of drug-likeness (QED) is 0.475. The van der Waals surface area contributed by atoms with Gasteiger partial charge in [0.05, 0.1) is 5.56 Å². The van der Waals surface area contributed by atoms with Crippen molar-refractivity contribution in [2.45, 2.75) is 19.6 Å². The molecule has 1 aliphatic rings. The van der Waals surface area contributed by atoms with E-state index < -0.39 is 6.23 Å². The maximum absolute atomic E-state index is 12.4. The van der Waals surface area contributed by atoms with Crippen LogP contribution in [0.2, 0.25) is 5.02 Å². The zero-order valence-corrected chi connectivity index (χ0v) is 19.1. The summed E-state index contributed by atoms with van der Waals surface area (Å²) in [6.07, 6.45) is 1.26. The fourth-order valence-electron chi connectivity index (χ4n) is 3.52. The number of halogens is 1. The number of nitrogens with zero attached hydrogens (tertiary/aromatic N) is 2. The van der Waals surface area contributed by atoms with Gasteiger partial charge in [0, 0.05) is 28.8 Å². The van der Waals surface area contributed by atoms with Crippen LogP contribution < -0.4 is 5.32 Å². The van der Waals surface area contributed by atoms with Crippen LogP contribution in [-0.4, -0.2) is 27.8 Å². The molecule has 0 saturated carbocycles. The van der Waals surface area contributed by atoms with Crippen molar-refractivity contribution >= 4 is 35.0 Å². The van der Waals surface area contributed by atoms with Gasteiger partial charge in [0.2, 0.25) is 18.0 Å². The van der Waals surface area contributed by atoms with Gasteiger partial charge in [-0.25, -0.2) is 0 Å². The normalized spacial score (nSPS) is 14.8. The lowest BCUT2D eigenvalue weighted by molar-refractivity contribution is -0.135. The molecular weight excluding hydrogens is 454 g/mol. The van der Waals surface area contributed by atoms with Crippen molar-refractivity contribution in [1.82, 2.24) is 5.01 Å². The first-order valence-corrected chi connectivity index (χ1v) is 10.9. The highest BCUT2D eigenvalue weighted by Gasteiger charge is 2.35. The zero-order chi connectivity index (χ0) is 24.2. The molecule has 2 amide bonds. The van der Waals surface area contributed by atoms with E-state index in [1.54, 1.807) is 72.8 Å². The minimum Gasteiger partial charge on any atom is -0.507 e. The molecule has 0 spiro atoms. The van der Waals surface area contributed by atoms with E-state index in [0.717, 1.165) is 0 Å². The average molecular weight is 476 g/mol. The molecule has 1 atom stereocenters. The number of phenolic OH excluding ortho intramolecular Hbond substituents is 1. The van der Waals surface area contributed by atoms with Crippen LogP contribution in [0.1, 0.15) is 40.2 Å². The monoisotopic (exact) mass is 475 g/mol. The van der Waals surface area contributed by atoms with Crippen molar-refractivity contribution in [1.29, 1.82) is 0 Å². The molecular formula is C26H22ClN3O4. The summed E-state index contributed by atoms with van der Waals surface area (Å²) in [5.41, 5.74) is 2.78. The fraction of sp³-hybridized carbons (Fsp3) is 0.115. The lowest BCUT2D eigenvalue weighted by atomic mass is 10.0. The van der Waals surface area contributed by atoms with Gasteiger partial charge in [-0.05, 0) is 66.6 Å². The van der Waals surface area contributed by atoms with Gasteiger partial charge in [-0.15, -0.1) is 11.7 Å². The molecule has 3 aromatic rings. The Hall–Kier alpha value is -4.10. The molecule has 1 heterocycles. The van der Waals surface area contributed by atoms with E-state index in [1.165, 1.54) is 11.9 Å². The molecule has 0 aromatic heterocycles. The van der Waals surface area contributed by atoms with Gasteiger partial charge in [-0.2, -0.15) is 5.01 Å². The van der Waals surface area contributed by atoms with Crippen LogP contribution in [0.3, 0.4) is 0 Å². The number of allylic oxidation sites excluding steroid dienone is 1. The van der Waals surface area contributed by atoms with Crippen LogP contribution in [0.5, 0.6) is 5.75 Å². The standard InChI is InChI=1S/C26H22ClN3O4/c1-3-5-17-6-4-7-22(23(17)32)26-30(16(2)31)29-25(34-26)19-10-14-21(15-11-19)28-24(33)18-8-12-20(27)13-9-18/h3-4,6-15,26,32H,1,5H2,2H3,(H,28,33)/t26-/m0/s1. The summed E-state index contributed by atoms with van der Waals surface area (Å²) >= 11 is 5.87. The highest BCUT2D eigenvalue weighted by atomic mass is 35.5. The minimum absolute atomic E-state index is 0.0374. The number of para-hydroxylation sites is 1. The van der Waals surface area contributed by atoms with E-state index in [1.807, 2.05) is 0 Å². The number of ether oxygens (including phenoxy) is 1. The maximum atomic E-state index is 12.4. The Labute approximate surface area is 201 Å². The summed E-state index contributed by atoms with van der Waals surface area (Å²) in [6.45, 7) is 5.08. The fourth-order valence-corrected chi connectivity index (χ4v) is 3.64. The van der Waals surface area contributed by atoms with Gasteiger partial charge >= 0.3 is 0 Å². The third kappa shape index (κ3) is 4.79. The van der Waals surface area contributed by atoms with Gasteiger partial charge in [-0.1, -0.05) is 29.8 Å². The molecule has 0 radical (unpaired) electrons. The van der Waals surface area contributed by atoms with Crippen molar-refractivity contribution in [2.24, 2.45) is 5.10 Å².